The number of imide groups is 1. The van der Waals surface area contributed by atoms with E-state index in [4.69, 9.17) is 9.15 Å². The van der Waals surface area contributed by atoms with E-state index in [1.807, 2.05) is 49.3 Å². The van der Waals surface area contributed by atoms with Gasteiger partial charge in [0, 0.05) is 19.2 Å². The number of carbonyl (C=O) groups excluding carboxylic acids is 2. The van der Waals surface area contributed by atoms with Crippen LogP contribution in [0.3, 0.4) is 0 Å². The zero-order valence-electron chi connectivity index (χ0n) is 14.9. The maximum Gasteiger partial charge on any atom is 0.293 e. The second kappa shape index (κ2) is 7.80. The van der Waals surface area contributed by atoms with E-state index in [-0.39, 0.29) is 11.1 Å². The minimum atomic E-state index is -0.280. The molecule has 0 radical (unpaired) electrons. The van der Waals surface area contributed by atoms with Crippen molar-refractivity contribution in [3.05, 3.63) is 47.1 Å². The molecule has 0 bridgehead atoms. The predicted molar refractivity (Wildman–Crippen MR) is 102 cm³/mol. The Morgan fingerprint density at radius 2 is 1.96 bits per heavy atom. The van der Waals surface area contributed by atoms with Gasteiger partial charge in [-0.2, -0.15) is 0 Å². The molecular formula is C19H20N2O4S. The average molecular weight is 372 g/mol. The highest BCUT2D eigenvalue weighted by molar-refractivity contribution is 8.18. The number of likely N-dealkylation sites (N-methyl/N-ethyl adjacent to an activating group) is 1. The topological polar surface area (TPSA) is 63.0 Å². The van der Waals surface area contributed by atoms with Crippen molar-refractivity contribution in [2.24, 2.45) is 0 Å². The average Bonchev–Trinajstić information content (AvgIpc) is 3.18. The van der Waals surface area contributed by atoms with Gasteiger partial charge in [-0.25, -0.2) is 0 Å². The summed E-state index contributed by atoms with van der Waals surface area (Å²) in [6, 6.07) is 11.1. The number of thioether (sulfide) groups is 1. The van der Waals surface area contributed by atoms with Gasteiger partial charge >= 0.3 is 0 Å². The standard InChI is InChI=1S/C19H20N2O4S/c1-20(2)10-11-21-18(22)17(26-19(21)23)12-13-8-9-16(25-13)14-6-4-5-7-15(14)24-3/h4-9,12H,10-11H2,1-3H3/b17-12-. The molecule has 2 heterocycles. The van der Waals surface area contributed by atoms with E-state index in [0.717, 1.165) is 17.3 Å². The van der Waals surface area contributed by atoms with Crippen molar-refractivity contribution in [1.29, 1.82) is 0 Å². The van der Waals surface area contributed by atoms with E-state index in [0.29, 0.717) is 35.3 Å². The number of methoxy groups -OCH3 is 1. The summed E-state index contributed by atoms with van der Waals surface area (Å²) in [5.41, 5.74) is 0.828. The van der Waals surface area contributed by atoms with E-state index in [1.54, 1.807) is 19.3 Å². The van der Waals surface area contributed by atoms with Crippen LogP contribution in [0.2, 0.25) is 0 Å². The minimum absolute atomic E-state index is 0.250. The van der Waals surface area contributed by atoms with Crippen LogP contribution in [-0.2, 0) is 4.79 Å². The maximum atomic E-state index is 12.4. The molecular weight excluding hydrogens is 352 g/mol. The molecule has 1 aliphatic rings. The third kappa shape index (κ3) is 3.84. The third-order valence-electron chi connectivity index (χ3n) is 3.92. The highest BCUT2D eigenvalue weighted by Crippen LogP contribution is 2.35. The fourth-order valence-corrected chi connectivity index (χ4v) is 3.39. The van der Waals surface area contributed by atoms with Crippen LogP contribution in [0.25, 0.3) is 17.4 Å². The number of rotatable bonds is 6. The number of amides is 2. The summed E-state index contributed by atoms with van der Waals surface area (Å²) in [4.78, 5) is 28.1. The number of para-hydroxylation sites is 1. The molecule has 3 rings (SSSR count). The Morgan fingerprint density at radius 3 is 2.69 bits per heavy atom. The number of carbonyl (C=O) groups is 2. The SMILES string of the molecule is COc1ccccc1-c1ccc(/C=C2\SC(=O)N(CCN(C)C)C2=O)o1. The Morgan fingerprint density at radius 1 is 1.19 bits per heavy atom. The van der Waals surface area contributed by atoms with Gasteiger partial charge in [0.15, 0.2) is 0 Å². The lowest BCUT2D eigenvalue weighted by Crippen LogP contribution is -2.34. The van der Waals surface area contributed by atoms with E-state index in [1.165, 1.54) is 4.90 Å². The van der Waals surface area contributed by atoms with Crippen LogP contribution in [0.1, 0.15) is 5.76 Å². The molecule has 7 heteroatoms. The van der Waals surface area contributed by atoms with Gasteiger partial charge in [0.25, 0.3) is 11.1 Å². The summed E-state index contributed by atoms with van der Waals surface area (Å²) in [5, 5.41) is -0.250. The lowest BCUT2D eigenvalue weighted by atomic mass is 10.1. The highest BCUT2D eigenvalue weighted by Gasteiger charge is 2.34. The second-order valence-electron chi connectivity index (χ2n) is 6.04. The third-order valence-corrected chi connectivity index (χ3v) is 4.82. The van der Waals surface area contributed by atoms with Gasteiger partial charge in [-0.3, -0.25) is 14.5 Å². The van der Waals surface area contributed by atoms with Crippen molar-refractivity contribution in [1.82, 2.24) is 9.80 Å². The smallest absolute Gasteiger partial charge is 0.293 e. The van der Waals surface area contributed by atoms with Crippen molar-refractivity contribution < 1.29 is 18.7 Å². The van der Waals surface area contributed by atoms with Crippen LogP contribution in [0.15, 0.2) is 45.7 Å². The minimum Gasteiger partial charge on any atom is -0.496 e. The van der Waals surface area contributed by atoms with Crippen molar-refractivity contribution in [2.45, 2.75) is 0 Å². The predicted octanol–water partition coefficient (Wildman–Crippen LogP) is 3.55. The first-order chi connectivity index (χ1) is 12.5. The number of benzene rings is 1. The number of ether oxygens (including phenoxy) is 1. The monoisotopic (exact) mass is 372 g/mol. The van der Waals surface area contributed by atoms with Crippen molar-refractivity contribution in [3.8, 4) is 17.1 Å². The lowest BCUT2D eigenvalue weighted by Gasteiger charge is -2.15. The summed E-state index contributed by atoms with van der Waals surface area (Å²) >= 11 is 0.936. The molecule has 6 nitrogen and oxygen atoms in total. The van der Waals surface area contributed by atoms with Gasteiger partial charge in [-0.1, -0.05) is 12.1 Å². The molecule has 2 aromatic rings. The Bertz CT molecular complexity index is 857. The van der Waals surface area contributed by atoms with Crippen LogP contribution in [0.4, 0.5) is 4.79 Å². The molecule has 0 aliphatic carbocycles. The van der Waals surface area contributed by atoms with Gasteiger partial charge in [0.2, 0.25) is 0 Å². The van der Waals surface area contributed by atoms with Crippen LogP contribution >= 0.6 is 11.8 Å². The van der Waals surface area contributed by atoms with Gasteiger partial charge in [-0.15, -0.1) is 0 Å². The molecule has 1 saturated heterocycles. The van der Waals surface area contributed by atoms with Gasteiger partial charge in [0.1, 0.15) is 17.3 Å². The van der Waals surface area contributed by atoms with Crippen LogP contribution < -0.4 is 4.74 Å². The van der Waals surface area contributed by atoms with Crippen LogP contribution in [0.5, 0.6) is 5.75 Å². The molecule has 2 amide bonds. The second-order valence-corrected chi connectivity index (χ2v) is 7.03. The molecule has 1 aromatic carbocycles. The summed E-state index contributed by atoms with van der Waals surface area (Å²) in [7, 11) is 5.40. The summed E-state index contributed by atoms with van der Waals surface area (Å²) in [6.45, 7) is 1.00. The molecule has 0 N–H and O–H groups in total. The van der Waals surface area contributed by atoms with E-state index in [9.17, 15) is 9.59 Å². The molecule has 0 saturated carbocycles. The van der Waals surface area contributed by atoms with Crippen LogP contribution in [0, 0.1) is 0 Å². The van der Waals surface area contributed by atoms with Gasteiger partial charge in [0.05, 0.1) is 17.6 Å². The zero-order valence-corrected chi connectivity index (χ0v) is 15.7. The summed E-state index contributed by atoms with van der Waals surface area (Å²) in [6.07, 6.45) is 1.61. The molecule has 0 unspecified atom stereocenters. The first-order valence-corrected chi connectivity index (χ1v) is 8.94. The molecule has 26 heavy (non-hydrogen) atoms. The normalized spacial score (nSPS) is 16.2. The number of nitrogens with zero attached hydrogens (tertiary/aromatic N) is 2. The van der Waals surface area contributed by atoms with E-state index in [2.05, 4.69) is 0 Å². The largest absolute Gasteiger partial charge is 0.496 e. The Balaban J connectivity index is 1.80. The fraction of sp³-hybridized carbons (Fsp3) is 0.263. The fourth-order valence-electron chi connectivity index (χ4n) is 2.55. The quantitative estimate of drug-likeness (QED) is 0.723. The lowest BCUT2D eigenvalue weighted by molar-refractivity contribution is -0.122. The van der Waals surface area contributed by atoms with Crippen molar-refractivity contribution in [3.63, 3.8) is 0 Å². The van der Waals surface area contributed by atoms with E-state index >= 15 is 0 Å². The number of furan rings is 1. The Kier molecular flexibility index (Phi) is 5.49. The highest BCUT2D eigenvalue weighted by atomic mass is 32.2. The molecule has 1 fully saturated rings. The Hall–Kier alpha value is -2.51. The number of hydrogen-bond acceptors (Lipinski definition) is 6. The van der Waals surface area contributed by atoms with Crippen LogP contribution in [-0.4, -0.2) is 55.2 Å². The van der Waals surface area contributed by atoms with Crippen molar-refractivity contribution >= 4 is 29.0 Å². The molecule has 0 atom stereocenters. The van der Waals surface area contributed by atoms with Gasteiger partial charge in [-0.05, 0) is 50.1 Å². The van der Waals surface area contributed by atoms with Gasteiger partial charge < -0.3 is 14.1 Å². The number of hydrogen-bond donors (Lipinski definition) is 0. The maximum absolute atomic E-state index is 12.4. The first kappa shape index (κ1) is 18.3. The molecule has 1 aliphatic heterocycles. The molecule has 1 aromatic heterocycles. The van der Waals surface area contributed by atoms with Crippen molar-refractivity contribution in [2.75, 3.05) is 34.3 Å². The Labute approximate surface area is 156 Å². The summed E-state index contributed by atoms with van der Waals surface area (Å²) < 4.78 is 11.2. The first-order valence-electron chi connectivity index (χ1n) is 8.13. The zero-order chi connectivity index (χ0) is 18.7. The molecule has 136 valence electrons. The summed E-state index contributed by atoms with van der Waals surface area (Å²) in [5.74, 6) is 1.58. The van der Waals surface area contributed by atoms with E-state index < -0.39 is 0 Å². The molecule has 0 spiro atoms.